The van der Waals surface area contributed by atoms with Gasteiger partial charge in [-0.15, -0.1) is 10.4 Å². The standard InChI is InChI=1S/C18H22N7O2/c1-13(12-26)22-18-20-10-16-6-7-24(11-17(16)23-18)25(27)21-9-15-4-2-14(8-19)3-5-15/h2-5,10,13,26H,6-7,9,11-12H2,1H3,(H,21,27)(H,20,22,23)/q+1. The topological polar surface area (TPSA) is 117 Å². The second-order valence-corrected chi connectivity index (χ2v) is 6.45. The third kappa shape index (κ3) is 4.68. The lowest BCUT2D eigenvalue weighted by atomic mass is 10.1. The first-order chi connectivity index (χ1) is 13.1. The highest BCUT2D eigenvalue weighted by atomic mass is 16.4. The molecule has 0 amide bonds. The first-order valence-electron chi connectivity index (χ1n) is 8.76. The number of hydrazine groups is 2. The molecule has 140 valence electrons. The van der Waals surface area contributed by atoms with Crippen molar-refractivity contribution in [3.8, 4) is 6.07 Å². The molecule has 2 heterocycles. The summed E-state index contributed by atoms with van der Waals surface area (Å²) in [6.45, 7) is 3.13. The van der Waals surface area contributed by atoms with Crippen molar-refractivity contribution in [3.63, 3.8) is 0 Å². The molecular formula is C18H22N7O2+. The summed E-state index contributed by atoms with van der Waals surface area (Å²) in [7, 11) is 0. The summed E-state index contributed by atoms with van der Waals surface area (Å²) in [4.78, 5) is 21.9. The molecule has 1 aromatic heterocycles. The molecule has 3 rings (SSSR count). The lowest BCUT2D eigenvalue weighted by molar-refractivity contribution is -0.759. The molecule has 0 saturated heterocycles. The van der Waals surface area contributed by atoms with Crippen molar-refractivity contribution >= 4 is 5.95 Å². The highest BCUT2D eigenvalue weighted by Crippen LogP contribution is 2.17. The van der Waals surface area contributed by atoms with Crippen LogP contribution in [0.1, 0.15) is 29.3 Å². The van der Waals surface area contributed by atoms with Crippen molar-refractivity contribution in [3.05, 3.63) is 57.8 Å². The van der Waals surface area contributed by atoms with Crippen molar-refractivity contribution in [2.45, 2.75) is 32.5 Å². The van der Waals surface area contributed by atoms with Crippen LogP contribution in [0.25, 0.3) is 0 Å². The summed E-state index contributed by atoms with van der Waals surface area (Å²) in [5.41, 5.74) is 6.14. The Morgan fingerprint density at radius 2 is 2.19 bits per heavy atom. The summed E-state index contributed by atoms with van der Waals surface area (Å²) in [6.07, 6.45) is 2.45. The van der Waals surface area contributed by atoms with Crippen molar-refractivity contribution in [1.82, 2.24) is 20.4 Å². The van der Waals surface area contributed by atoms with E-state index in [0.29, 0.717) is 37.6 Å². The van der Waals surface area contributed by atoms with Gasteiger partial charge in [-0.3, -0.25) is 0 Å². The van der Waals surface area contributed by atoms with Crippen molar-refractivity contribution in [2.24, 2.45) is 0 Å². The van der Waals surface area contributed by atoms with Crippen LogP contribution in [0.3, 0.4) is 0 Å². The number of aliphatic hydroxyl groups is 1. The Labute approximate surface area is 157 Å². The Hall–Kier alpha value is -3.25. The van der Waals surface area contributed by atoms with E-state index in [4.69, 9.17) is 10.4 Å². The number of hydrogen-bond donors (Lipinski definition) is 3. The van der Waals surface area contributed by atoms with Gasteiger partial charge in [-0.05, 0) is 36.6 Å². The van der Waals surface area contributed by atoms with E-state index in [1.807, 2.05) is 19.1 Å². The Morgan fingerprint density at radius 3 is 2.89 bits per heavy atom. The molecule has 1 aliphatic rings. The predicted molar refractivity (Wildman–Crippen MR) is 97.9 cm³/mol. The lowest BCUT2D eigenvalue weighted by Gasteiger charge is -2.21. The fraction of sp³-hybridized carbons (Fsp3) is 0.389. The molecule has 3 N–H and O–H groups in total. The van der Waals surface area contributed by atoms with Gasteiger partial charge in [0.1, 0.15) is 13.1 Å². The Kier molecular flexibility index (Phi) is 5.78. The molecule has 0 bridgehead atoms. The van der Waals surface area contributed by atoms with Gasteiger partial charge in [0.2, 0.25) is 10.9 Å². The fourth-order valence-electron chi connectivity index (χ4n) is 2.74. The molecule has 0 fully saturated rings. The molecule has 9 heteroatoms. The number of anilines is 1. The Balaban J connectivity index is 1.59. The van der Waals surface area contributed by atoms with Crippen LogP contribution < -0.4 is 10.7 Å². The molecule has 1 unspecified atom stereocenters. The maximum atomic E-state index is 12.4. The highest BCUT2D eigenvalue weighted by molar-refractivity contribution is 5.32. The average Bonchev–Trinajstić information content (AvgIpc) is 2.71. The van der Waals surface area contributed by atoms with Crippen molar-refractivity contribution in [2.75, 3.05) is 18.5 Å². The summed E-state index contributed by atoms with van der Waals surface area (Å²) in [5.74, 6) is 0.445. The normalized spacial score (nSPS) is 14.0. The van der Waals surface area contributed by atoms with Gasteiger partial charge in [-0.1, -0.05) is 12.1 Å². The van der Waals surface area contributed by atoms with E-state index in [9.17, 15) is 4.91 Å². The van der Waals surface area contributed by atoms with Gasteiger partial charge in [0.05, 0.1) is 35.4 Å². The van der Waals surface area contributed by atoms with Crippen LogP contribution >= 0.6 is 0 Å². The molecule has 1 aliphatic heterocycles. The molecule has 0 saturated carbocycles. The molecule has 0 aliphatic carbocycles. The number of benzene rings is 1. The van der Waals surface area contributed by atoms with E-state index in [2.05, 4.69) is 26.8 Å². The van der Waals surface area contributed by atoms with Crippen molar-refractivity contribution in [1.29, 1.82) is 5.26 Å². The third-order valence-corrected chi connectivity index (χ3v) is 4.33. The average molecular weight is 368 g/mol. The first kappa shape index (κ1) is 18.5. The van der Waals surface area contributed by atoms with E-state index in [1.54, 1.807) is 23.3 Å². The van der Waals surface area contributed by atoms with Crippen LogP contribution in [-0.2, 0) is 19.5 Å². The number of aromatic nitrogens is 2. The molecule has 9 nitrogen and oxygen atoms in total. The van der Waals surface area contributed by atoms with Gasteiger partial charge in [0.15, 0.2) is 0 Å². The highest BCUT2D eigenvalue weighted by Gasteiger charge is 2.28. The molecule has 2 aromatic rings. The number of aliphatic hydroxyl groups excluding tert-OH is 1. The second-order valence-electron chi connectivity index (χ2n) is 6.45. The van der Waals surface area contributed by atoms with Gasteiger partial charge >= 0.3 is 0 Å². The monoisotopic (exact) mass is 368 g/mol. The van der Waals surface area contributed by atoms with Crippen LogP contribution in [0.5, 0.6) is 0 Å². The fourth-order valence-corrected chi connectivity index (χ4v) is 2.74. The van der Waals surface area contributed by atoms with Crippen LogP contribution in [0.4, 0.5) is 5.95 Å². The number of hydrogen-bond acceptors (Lipinski definition) is 6. The van der Waals surface area contributed by atoms with E-state index in [0.717, 1.165) is 21.8 Å². The number of fused-ring (bicyclic) bond motifs is 1. The zero-order valence-corrected chi connectivity index (χ0v) is 15.1. The zero-order valence-electron chi connectivity index (χ0n) is 15.1. The molecule has 1 atom stereocenters. The van der Waals surface area contributed by atoms with E-state index in [-0.39, 0.29) is 12.6 Å². The molecule has 1 aromatic carbocycles. The minimum atomic E-state index is -0.146. The smallest absolute Gasteiger partial charge is 0.249 e. The molecule has 27 heavy (non-hydrogen) atoms. The second kappa shape index (κ2) is 8.42. The quantitative estimate of drug-likeness (QED) is 0.487. The van der Waals surface area contributed by atoms with E-state index in [1.165, 1.54) is 0 Å². The molecular weight excluding hydrogens is 346 g/mol. The Morgan fingerprint density at radius 1 is 1.41 bits per heavy atom. The summed E-state index contributed by atoms with van der Waals surface area (Å²) in [5, 5.41) is 22.6. The largest absolute Gasteiger partial charge is 0.394 e. The molecule has 0 radical (unpaired) electrons. The number of nitrogens with zero attached hydrogens (tertiary/aromatic N) is 5. The summed E-state index contributed by atoms with van der Waals surface area (Å²) < 4.78 is 0. The van der Waals surface area contributed by atoms with E-state index < -0.39 is 0 Å². The molecule has 0 spiro atoms. The maximum Gasteiger partial charge on any atom is 0.249 e. The predicted octanol–water partition coefficient (Wildman–Crippen LogP) is 0.898. The minimum Gasteiger partial charge on any atom is -0.394 e. The number of nitroso groups, excluding NO2 is 1. The minimum absolute atomic E-state index is 0.0137. The van der Waals surface area contributed by atoms with Gasteiger partial charge < -0.3 is 10.4 Å². The zero-order chi connectivity index (χ0) is 19.2. The van der Waals surface area contributed by atoms with Gasteiger partial charge in [-0.25, -0.2) is 9.97 Å². The van der Waals surface area contributed by atoms with Gasteiger partial charge in [0.25, 0.3) is 0 Å². The van der Waals surface area contributed by atoms with Crippen LogP contribution in [-0.4, -0.2) is 44.3 Å². The van der Waals surface area contributed by atoms with Crippen LogP contribution in [0.15, 0.2) is 30.5 Å². The first-order valence-corrected chi connectivity index (χ1v) is 8.76. The van der Waals surface area contributed by atoms with Crippen molar-refractivity contribution < 1.29 is 10.1 Å². The SMILES string of the molecule is CC(CO)Nc1ncc2c(n1)CN([N+](=O)NCc1ccc(C#N)cc1)CC2. The maximum absolute atomic E-state index is 12.4. The number of nitrogens with one attached hydrogen (secondary N) is 2. The number of rotatable bonds is 7. The van der Waals surface area contributed by atoms with Crippen LogP contribution in [0.2, 0.25) is 0 Å². The number of nitriles is 1. The summed E-state index contributed by atoms with van der Waals surface area (Å²) >= 11 is 0. The third-order valence-electron chi connectivity index (χ3n) is 4.33. The van der Waals surface area contributed by atoms with Gasteiger partial charge in [0, 0.05) is 12.2 Å². The van der Waals surface area contributed by atoms with Gasteiger partial charge in [-0.2, -0.15) is 5.26 Å². The summed E-state index contributed by atoms with van der Waals surface area (Å²) in [6, 6.07) is 9.01. The van der Waals surface area contributed by atoms with Crippen LogP contribution in [0, 0.1) is 16.2 Å². The van der Waals surface area contributed by atoms with E-state index >= 15 is 0 Å². The lowest BCUT2D eigenvalue weighted by Crippen LogP contribution is -2.44. The Bertz CT molecular complexity index is 848.